The monoisotopic (exact) mass is 317 g/mol. The summed E-state index contributed by atoms with van der Waals surface area (Å²) in [5, 5.41) is 3.45. The molecule has 0 aliphatic carbocycles. The van der Waals surface area contributed by atoms with Crippen molar-refractivity contribution >= 4 is 0 Å². The van der Waals surface area contributed by atoms with Crippen molar-refractivity contribution in [3.05, 3.63) is 30.1 Å². The number of likely N-dealkylation sites (N-methyl/N-ethyl adjacent to an activating group) is 1. The molecule has 2 fully saturated rings. The number of hydrogen-bond donors (Lipinski definition) is 1. The number of rotatable bonds is 5. The van der Waals surface area contributed by atoms with E-state index < -0.39 is 0 Å². The van der Waals surface area contributed by atoms with Crippen LogP contribution in [0.1, 0.15) is 24.4 Å². The van der Waals surface area contributed by atoms with Crippen LogP contribution in [0.15, 0.2) is 24.5 Å². The van der Waals surface area contributed by atoms with Crippen LogP contribution in [0.2, 0.25) is 0 Å². The molecule has 0 amide bonds. The molecule has 0 spiro atoms. The van der Waals surface area contributed by atoms with Crippen molar-refractivity contribution in [1.29, 1.82) is 0 Å². The van der Waals surface area contributed by atoms with E-state index in [0.717, 1.165) is 32.7 Å². The smallest absolute Gasteiger partial charge is 0.0490 e. The Kier molecular flexibility index (Phi) is 6.00. The number of piperidine rings is 1. The molecular formula is C18H31N5. The van der Waals surface area contributed by atoms with Crippen molar-refractivity contribution in [3.63, 3.8) is 0 Å². The van der Waals surface area contributed by atoms with Gasteiger partial charge in [-0.05, 0) is 51.7 Å². The van der Waals surface area contributed by atoms with Gasteiger partial charge in [0.1, 0.15) is 0 Å². The Balaban J connectivity index is 1.71. The Morgan fingerprint density at radius 1 is 1.26 bits per heavy atom. The predicted octanol–water partition coefficient (Wildman–Crippen LogP) is 1.05. The molecule has 2 saturated heterocycles. The van der Waals surface area contributed by atoms with E-state index in [9.17, 15) is 0 Å². The van der Waals surface area contributed by atoms with E-state index in [0.29, 0.717) is 12.1 Å². The van der Waals surface area contributed by atoms with Gasteiger partial charge in [-0.25, -0.2) is 0 Å². The van der Waals surface area contributed by atoms with Gasteiger partial charge in [-0.3, -0.25) is 14.8 Å². The van der Waals surface area contributed by atoms with Gasteiger partial charge >= 0.3 is 0 Å². The maximum Gasteiger partial charge on any atom is 0.0490 e. The highest BCUT2D eigenvalue weighted by Gasteiger charge is 2.28. The van der Waals surface area contributed by atoms with Crippen LogP contribution in [0.3, 0.4) is 0 Å². The lowest BCUT2D eigenvalue weighted by atomic mass is 9.99. The standard InChI is InChI=1S/C18H31N5/c1-21-10-5-17(6-11-21)22(2)18(16-4-3-7-20-14-16)15-23-12-8-19-9-13-23/h3-4,7,14,17-19H,5-6,8-13,15H2,1-2H3. The molecule has 2 aliphatic heterocycles. The second kappa shape index (κ2) is 8.20. The van der Waals surface area contributed by atoms with Gasteiger partial charge in [0.2, 0.25) is 0 Å². The SMILES string of the molecule is CN1CCC(N(C)C(CN2CCNCC2)c2cccnc2)CC1. The number of hydrogen-bond acceptors (Lipinski definition) is 5. The number of aromatic nitrogens is 1. The second-order valence-electron chi connectivity index (χ2n) is 7.05. The zero-order valence-electron chi connectivity index (χ0n) is 14.6. The van der Waals surface area contributed by atoms with Crippen molar-refractivity contribution in [2.45, 2.75) is 24.9 Å². The summed E-state index contributed by atoms with van der Waals surface area (Å²) in [6.07, 6.45) is 6.47. The average molecular weight is 317 g/mol. The fourth-order valence-electron chi connectivity index (χ4n) is 3.84. The molecule has 1 unspecified atom stereocenters. The summed E-state index contributed by atoms with van der Waals surface area (Å²) in [7, 11) is 4.55. The van der Waals surface area contributed by atoms with Crippen LogP contribution >= 0.6 is 0 Å². The van der Waals surface area contributed by atoms with Gasteiger partial charge in [0, 0.05) is 57.2 Å². The third kappa shape index (κ3) is 4.51. The highest BCUT2D eigenvalue weighted by molar-refractivity contribution is 5.15. The Morgan fingerprint density at radius 3 is 2.65 bits per heavy atom. The van der Waals surface area contributed by atoms with E-state index in [1.165, 1.54) is 31.5 Å². The molecular weight excluding hydrogens is 286 g/mol. The molecule has 1 aromatic rings. The topological polar surface area (TPSA) is 34.6 Å². The number of nitrogens with zero attached hydrogens (tertiary/aromatic N) is 4. The molecule has 128 valence electrons. The van der Waals surface area contributed by atoms with Crippen LogP contribution < -0.4 is 5.32 Å². The summed E-state index contributed by atoms with van der Waals surface area (Å²) < 4.78 is 0. The van der Waals surface area contributed by atoms with Crippen LogP contribution in [-0.4, -0.2) is 85.6 Å². The van der Waals surface area contributed by atoms with Crippen molar-refractivity contribution in [1.82, 2.24) is 25.0 Å². The zero-order chi connectivity index (χ0) is 16.1. The van der Waals surface area contributed by atoms with Crippen molar-refractivity contribution in [2.75, 3.05) is 59.9 Å². The third-order valence-corrected chi connectivity index (χ3v) is 5.47. The molecule has 0 aromatic carbocycles. The number of pyridine rings is 1. The first-order valence-corrected chi connectivity index (χ1v) is 8.97. The van der Waals surface area contributed by atoms with E-state index in [2.05, 4.69) is 57.4 Å². The minimum absolute atomic E-state index is 0.440. The Morgan fingerprint density at radius 2 is 2.00 bits per heavy atom. The normalized spacial score (nSPS) is 23.3. The molecule has 0 bridgehead atoms. The lowest BCUT2D eigenvalue weighted by Crippen LogP contribution is -2.49. The quantitative estimate of drug-likeness (QED) is 0.878. The summed E-state index contributed by atoms with van der Waals surface area (Å²) in [5.41, 5.74) is 1.35. The third-order valence-electron chi connectivity index (χ3n) is 5.47. The molecule has 3 heterocycles. The highest BCUT2D eigenvalue weighted by atomic mass is 15.3. The van der Waals surface area contributed by atoms with Crippen LogP contribution in [0, 0.1) is 0 Å². The van der Waals surface area contributed by atoms with Gasteiger partial charge in [-0.15, -0.1) is 0 Å². The fourth-order valence-corrected chi connectivity index (χ4v) is 3.84. The van der Waals surface area contributed by atoms with Gasteiger partial charge in [0.15, 0.2) is 0 Å². The predicted molar refractivity (Wildman–Crippen MR) is 94.6 cm³/mol. The van der Waals surface area contributed by atoms with E-state index in [-0.39, 0.29) is 0 Å². The molecule has 0 saturated carbocycles. The lowest BCUT2D eigenvalue weighted by molar-refractivity contribution is 0.0793. The number of nitrogens with one attached hydrogen (secondary N) is 1. The maximum absolute atomic E-state index is 4.37. The fraction of sp³-hybridized carbons (Fsp3) is 0.722. The number of likely N-dealkylation sites (tertiary alicyclic amines) is 1. The van der Waals surface area contributed by atoms with Crippen molar-refractivity contribution in [2.24, 2.45) is 0 Å². The molecule has 3 rings (SSSR count). The molecule has 5 heteroatoms. The van der Waals surface area contributed by atoms with E-state index in [4.69, 9.17) is 0 Å². The first-order chi connectivity index (χ1) is 11.2. The summed E-state index contributed by atoms with van der Waals surface area (Å²) in [5.74, 6) is 0. The van der Waals surface area contributed by atoms with Gasteiger partial charge in [-0.2, -0.15) is 0 Å². The Hall–Kier alpha value is -1.01. The Bertz CT molecular complexity index is 452. The van der Waals surface area contributed by atoms with Crippen LogP contribution in [0.4, 0.5) is 0 Å². The summed E-state index contributed by atoms with van der Waals surface area (Å²) in [6.45, 7) is 8.05. The summed E-state index contributed by atoms with van der Waals surface area (Å²) >= 11 is 0. The van der Waals surface area contributed by atoms with Gasteiger partial charge < -0.3 is 10.2 Å². The van der Waals surface area contributed by atoms with Crippen LogP contribution in [0.25, 0.3) is 0 Å². The van der Waals surface area contributed by atoms with Crippen LogP contribution in [0.5, 0.6) is 0 Å². The molecule has 2 aliphatic rings. The highest BCUT2D eigenvalue weighted by Crippen LogP contribution is 2.26. The summed E-state index contributed by atoms with van der Waals surface area (Å²) in [4.78, 5) is 12.0. The summed E-state index contributed by atoms with van der Waals surface area (Å²) in [6, 6.07) is 5.43. The van der Waals surface area contributed by atoms with E-state index in [1.807, 2.05) is 6.20 Å². The molecule has 1 atom stereocenters. The van der Waals surface area contributed by atoms with Crippen LogP contribution in [-0.2, 0) is 0 Å². The molecule has 1 aromatic heterocycles. The van der Waals surface area contributed by atoms with Gasteiger partial charge in [-0.1, -0.05) is 6.07 Å². The average Bonchev–Trinajstić information content (AvgIpc) is 2.61. The molecule has 23 heavy (non-hydrogen) atoms. The van der Waals surface area contributed by atoms with Gasteiger partial charge in [0.05, 0.1) is 0 Å². The van der Waals surface area contributed by atoms with Crippen molar-refractivity contribution in [3.8, 4) is 0 Å². The molecule has 0 radical (unpaired) electrons. The first-order valence-electron chi connectivity index (χ1n) is 8.97. The maximum atomic E-state index is 4.37. The van der Waals surface area contributed by atoms with Gasteiger partial charge in [0.25, 0.3) is 0 Å². The van der Waals surface area contributed by atoms with E-state index >= 15 is 0 Å². The largest absolute Gasteiger partial charge is 0.314 e. The molecule has 1 N–H and O–H groups in total. The minimum atomic E-state index is 0.440. The first kappa shape index (κ1) is 16.8. The number of piperazine rings is 1. The zero-order valence-corrected chi connectivity index (χ0v) is 14.6. The Labute approximate surface area is 140 Å². The second-order valence-corrected chi connectivity index (χ2v) is 7.05. The lowest BCUT2D eigenvalue weighted by Gasteiger charge is -2.42. The minimum Gasteiger partial charge on any atom is -0.314 e. The van der Waals surface area contributed by atoms with E-state index in [1.54, 1.807) is 0 Å². The van der Waals surface area contributed by atoms with Crippen molar-refractivity contribution < 1.29 is 0 Å². The molecule has 5 nitrogen and oxygen atoms in total.